The molecule has 0 amide bonds. The largest absolute Gasteiger partial charge is 0.372 e. The average molecular weight is 240 g/mol. The summed E-state index contributed by atoms with van der Waals surface area (Å²) in [5.41, 5.74) is 0.477. The molecule has 0 aliphatic carbocycles. The number of halogens is 2. The Morgan fingerprint density at radius 3 is 2.65 bits per heavy atom. The van der Waals surface area contributed by atoms with E-state index in [-0.39, 0.29) is 0 Å². The van der Waals surface area contributed by atoms with Crippen molar-refractivity contribution in [2.45, 2.75) is 12.8 Å². The van der Waals surface area contributed by atoms with Gasteiger partial charge in [0.1, 0.15) is 11.6 Å². The van der Waals surface area contributed by atoms with Crippen LogP contribution in [0.4, 0.5) is 14.5 Å². The Morgan fingerprint density at radius 2 is 2.00 bits per heavy atom. The first-order valence-corrected chi connectivity index (χ1v) is 6.03. The van der Waals surface area contributed by atoms with Gasteiger partial charge in [-0.25, -0.2) is 8.78 Å². The van der Waals surface area contributed by atoms with Crippen molar-refractivity contribution in [1.82, 2.24) is 5.32 Å². The minimum Gasteiger partial charge on any atom is -0.372 e. The quantitative estimate of drug-likeness (QED) is 0.872. The van der Waals surface area contributed by atoms with Gasteiger partial charge in [0.2, 0.25) is 0 Å². The lowest BCUT2D eigenvalue weighted by molar-refractivity contribution is 0.377. The minimum absolute atomic E-state index is 0.477. The zero-order chi connectivity index (χ0) is 12.3. The number of anilines is 1. The van der Waals surface area contributed by atoms with Crippen LogP contribution in [0.2, 0.25) is 0 Å². The molecule has 2 nitrogen and oxygen atoms in total. The topological polar surface area (TPSA) is 15.3 Å². The summed E-state index contributed by atoms with van der Waals surface area (Å²) >= 11 is 0. The van der Waals surface area contributed by atoms with Gasteiger partial charge in [0.05, 0.1) is 5.69 Å². The van der Waals surface area contributed by atoms with Gasteiger partial charge in [0.15, 0.2) is 0 Å². The van der Waals surface area contributed by atoms with Gasteiger partial charge in [0, 0.05) is 19.7 Å². The Balaban J connectivity index is 2.00. The molecule has 0 bridgehead atoms. The van der Waals surface area contributed by atoms with Crippen LogP contribution in [0.15, 0.2) is 18.2 Å². The minimum atomic E-state index is -0.526. The number of piperidine rings is 1. The molecule has 0 saturated carbocycles. The lowest BCUT2D eigenvalue weighted by Crippen LogP contribution is -2.34. The predicted octanol–water partition coefficient (Wildman–Crippen LogP) is 2.40. The highest BCUT2D eigenvalue weighted by Crippen LogP contribution is 2.22. The van der Waals surface area contributed by atoms with Gasteiger partial charge in [-0.3, -0.25) is 0 Å². The van der Waals surface area contributed by atoms with Crippen LogP contribution in [0.1, 0.15) is 12.8 Å². The van der Waals surface area contributed by atoms with Crippen LogP contribution >= 0.6 is 0 Å². The van der Waals surface area contributed by atoms with Crippen LogP contribution in [0.5, 0.6) is 0 Å². The summed E-state index contributed by atoms with van der Waals surface area (Å²) in [6.07, 6.45) is 2.24. The second kappa shape index (κ2) is 5.45. The van der Waals surface area contributed by atoms with Gasteiger partial charge in [-0.1, -0.05) is 0 Å². The molecule has 4 heteroatoms. The molecule has 1 heterocycles. The molecule has 1 aliphatic heterocycles. The highest BCUT2D eigenvalue weighted by molar-refractivity contribution is 5.47. The van der Waals surface area contributed by atoms with Crippen molar-refractivity contribution in [1.29, 1.82) is 0 Å². The second-order valence-corrected chi connectivity index (χ2v) is 4.67. The summed E-state index contributed by atoms with van der Waals surface area (Å²) < 4.78 is 26.4. The van der Waals surface area contributed by atoms with E-state index in [1.165, 1.54) is 12.1 Å². The van der Waals surface area contributed by atoms with Crippen molar-refractivity contribution in [3.05, 3.63) is 29.8 Å². The van der Waals surface area contributed by atoms with Crippen LogP contribution in [-0.4, -0.2) is 26.7 Å². The van der Waals surface area contributed by atoms with E-state index in [1.54, 1.807) is 0 Å². The lowest BCUT2D eigenvalue weighted by atomic mass is 9.97. The number of rotatable bonds is 3. The number of hydrogen-bond donors (Lipinski definition) is 1. The third kappa shape index (κ3) is 3.16. The van der Waals surface area contributed by atoms with Gasteiger partial charge < -0.3 is 10.2 Å². The smallest absolute Gasteiger partial charge is 0.149 e. The van der Waals surface area contributed by atoms with Gasteiger partial charge >= 0.3 is 0 Å². The van der Waals surface area contributed by atoms with E-state index >= 15 is 0 Å². The van der Waals surface area contributed by atoms with Gasteiger partial charge in [-0.15, -0.1) is 0 Å². The van der Waals surface area contributed by atoms with Crippen molar-refractivity contribution < 1.29 is 8.78 Å². The zero-order valence-electron chi connectivity index (χ0n) is 10.0. The highest BCUT2D eigenvalue weighted by atomic mass is 19.1. The molecule has 0 spiro atoms. The predicted molar refractivity (Wildman–Crippen MR) is 65.2 cm³/mol. The highest BCUT2D eigenvalue weighted by Gasteiger charge is 2.17. The third-order valence-electron chi connectivity index (χ3n) is 3.31. The first-order valence-electron chi connectivity index (χ1n) is 6.03. The molecule has 1 saturated heterocycles. The Hall–Kier alpha value is -1.16. The van der Waals surface area contributed by atoms with E-state index < -0.39 is 11.6 Å². The maximum atomic E-state index is 13.6. The standard InChI is InChI=1S/C13H18F2N2/c1-17(9-10-4-6-16-7-5-10)13-3-2-11(14)8-12(13)15/h2-3,8,10,16H,4-7,9H2,1H3. The van der Waals surface area contributed by atoms with E-state index in [4.69, 9.17) is 0 Å². The van der Waals surface area contributed by atoms with E-state index in [0.717, 1.165) is 38.5 Å². The van der Waals surface area contributed by atoms with Gasteiger partial charge in [0.25, 0.3) is 0 Å². The van der Waals surface area contributed by atoms with Crippen LogP contribution in [0, 0.1) is 17.6 Å². The number of nitrogens with zero attached hydrogens (tertiary/aromatic N) is 1. The van der Waals surface area contributed by atoms with Gasteiger partial charge in [-0.2, -0.15) is 0 Å². The molecular formula is C13H18F2N2. The summed E-state index contributed by atoms with van der Waals surface area (Å²) in [7, 11) is 1.86. The van der Waals surface area contributed by atoms with E-state index in [0.29, 0.717) is 11.6 Å². The monoisotopic (exact) mass is 240 g/mol. The summed E-state index contributed by atoms with van der Waals surface area (Å²) in [6.45, 7) is 2.89. The normalized spacial score (nSPS) is 17.1. The lowest BCUT2D eigenvalue weighted by Gasteiger charge is -2.29. The Labute approximate surface area is 101 Å². The van der Waals surface area contributed by atoms with Crippen LogP contribution in [0.3, 0.4) is 0 Å². The molecule has 1 fully saturated rings. The van der Waals surface area contributed by atoms with Gasteiger partial charge in [-0.05, 0) is 44.0 Å². The third-order valence-corrected chi connectivity index (χ3v) is 3.31. The fourth-order valence-electron chi connectivity index (χ4n) is 2.34. The van der Waals surface area contributed by atoms with Crippen molar-refractivity contribution >= 4 is 5.69 Å². The fraction of sp³-hybridized carbons (Fsp3) is 0.538. The average Bonchev–Trinajstić information content (AvgIpc) is 2.30. The van der Waals surface area contributed by atoms with E-state index in [1.807, 2.05) is 11.9 Å². The molecule has 1 N–H and O–H groups in total. The molecule has 0 radical (unpaired) electrons. The number of hydrogen-bond acceptors (Lipinski definition) is 2. The summed E-state index contributed by atoms with van der Waals surface area (Å²) in [6, 6.07) is 3.75. The number of nitrogens with one attached hydrogen (secondary N) is 1. The first kappa shape index (κ1) is 12.3. The Kier molecular flexibility index (Phi) is 3.94. The fourth-order valence-corrected chi connectivity index (χ4v) is 2.34. The first-order chi connectivity index (χ1) is 8.16. The molecule has 0 aromatic heterocycles. The van der Waals surface area contributed by atoms with Crippen LogP contribution in [0.25, 0.3) is 0 Å². The molecule has 2 rings (SSSR count). The molecule has 1 aromatic carbocycles. The van der Waals surface area contributed by atoms with Crippen molar-refractivity contribution in [2.24, 2.45) is 5.92 Å². The van der Waals surface area contributed by atoms with E-state index in [9.17, 15) is 8.78 Å². The Bertz CT molecular complexity index is 376. The SMILES string of the molecule is CN(CC1CCNCC1)c1ccc(F)cc1F. The van der Waals surface area contributed by atoms with Crippen molar-refractivity contribution in [2.75, 3.05) is 31.6 Å². The Morgan fingerprint density at radius 1 is 1.29 bits per heavy atom. The molecular weight excluding hydrogens is 222 g/mol. The molecule has 1 aromatic rings. The molecule has 94 valence electrons. The molecule has 17 heavy (non-hydrogen) atoms. The van der Waals surface area contributed by atoms with Crippen LogP contribution in [-0.2, 0) is 0 Å². The maximum Gasteiger partial charge on any atom is 0.149 e. The van der Waals surface area contributed by atoms with Crippen molar-refractivity contribution in [3.63, 3.8) is 0 Å². The summed E-state index contributed by atoms with van der Waals surface area (Å²) in [5, 5.41) is 3.30. The summed E-state index contributed by atoms with van der Waals surface area (Å²) in [5.74, 6) is -0.423. The van der Waals surface area contributed by atoms with Crippen LogP contribution < -0.4 is 10.2 Å². The second-order valence-electron chi connectivity index (χ2n) is 4.67. The molecule has 1 aliphatic rings. The summed E-state index contributed by atoms with van der Waals surface area (Å²) in [4.78, 5) is 1.88. The van der Waals surface area contributed by atoms with E-state index in [2.05, 4.69) is 5.32 Å². The number of benzene rings is 1. The van der Waals surface area contributed by atoms with Crippen molar-refractivity contribution in [3.8, 4) is 0 Å². The molecule has 0 unspecified atom stereocenters. The molecule has 0 atom stereocenters. The zero-order valence-corrected chi connectivity index (χ0v) is 10.0. The maximum absolute atomic E-state index is 13.6.